The van der Waals surface area contributed by atoms with Crippen LogP contribution in [0.4, 0.5) is 0 Å². The minimum Gasteiger partial charge on any atom is -0.375 e. The van der Waals surface area contributed by atoms with Gasteiger partial charge in [-0.1, -0.05) is 5.21 Å². The summed E-state index contributed by atoms with van der Waals surface area (Å²) < 4.78 is 9.70. The lowest BCUT2D eigenvalue weighted by Gasteiger charge is -2.14. The largest absolute Gasteiger partial charge is 0.375 e. The van der Waals surface area contributed by atoms with E-state index >= 15 is 0 Å². The number of ether oxygens (including phenoxy) is 1. The second-order valence-corrected chi connectivity index (χ2v) is 6.39. The van der Waals surface area contributed by atoms with Gasteiger partial charge < -0.3 is 10.1 Å². The van der Waals surface area contributed by atoms with Crippen molar-refractivity contribution in [3.63, 3.8) is 0 Å². The lowest BCUT2D eigenvalue weighted by molar-refractivity contribution is 0.0942. The third-order valence-electron chi connectivity index (χ3n) is 4.49. The van der Waals surface area contributed by atoms with E-state index in [1.165, 1.54) is 12.8 Å². The Hall–Kier alpha value is -1.73. The molecule has 2 aromatic heterocycles. The first kappa shape index (κ1) is 13.9. The van der Waals surface area contributed by atoms with Crippen LogP contribution < -0.4 is 5.32 Å². The first-order valence-electron chi connectivity index (χ1n) is 8.00. The summed E-state index contributed by atoms with van der Waals surface area (Å²) in [5.74, 6) is 1.35. The van der Waals surface area contributed by atoms with Crippen molar-refractivity contribution in [3.8, 4) is 11.4 Å². The van der Waals surface area contributed by atoms with Gasteiger partial charge in [0.05, 0.1) is 24.6 Å². The van der Waals surface area contributed by atoms with Gasteiger partial charge in [-0.2, -0.15) is 5.10 Å². The van der Waals surface area contributed by atoms with E-state index in [-0.39, 0.29) is 0 Å². The van der Waals surface area contributed by atoms with Gasteiger partial charge in [0.25, 0.3) is 0 Å². The highest BCUT2D eigenvalue weighted by atomic mass is 16.5. The van der Waals surface area contributed by atoms with Gasteiger partial charge in [-0.25, -0.2) is 4.68 Å². The number of rotatable bonds is 5. The summed E-state index contributed by atoms with van der Waals surface area (Å²) in [4.78, 5) is 0. The highest BCUT2D eigenvalue weighted by molar-refractivity contribution is 5.56. The van der Waals surface area contributed by atoms with Crippen LogP contribution in [0, 0.1) is 11.8 Å². The average molecular weight is 302 g/mol. The number of fused-ring (bicyclic) bond motifs is 1. The van der Waals surface area contributed by atoms with E-state index in [4.69, 9.17) is 4.74 Å². The molecule has 2 aliphatic rings. The van der Waals surface area contributed by atoms with Gasteiger partial charge in [0.1, 0.15) is 5.69 Å². The number of hydrogen-bond donors (Lipinski definition) is 1. The maximum absolute atomic E-state index is 5.87. The monoisotopic (exact) mass is 302 g/mol. The molecule has 0 amide bonds. The molecule has 0 saturated heterocycles. The molecule has 2 aromatic rings. The van der Waals surface area contributed by atoms with Crippen molar-refractivity contribution >= 4 is 0 Å². The fourth-order valence-electron chi connectivity index (χ4n) is 2.98. The summed E-state index contributed by atoms with van der Waals surface area (Å²) in [5.41, 5.74) is 2.91. The number of nitrogens with one attached hydrogen (secondary N) is 1. The van der Waals surface area contributed by atoms with Crippen molar-refractivity contribution in [2.45, 2.75) is 26.0 Å². The number of aryl methyl sites for hydroxylation is 1. The topological polar surface area (TPSA) is 69.8 Å². The van der Waals surface area contributed by atoms with E-state index in [1.807, 2.05) is 22.5 Å². The SMILES string of the molecule is Cn1nccc1-c1nnn2c1COCC(CNCC1CC1)C2. The summed E-state index contributed by atoms with van der Waals surface area (Å²) in [5, 5.41) is 16.5. The molecule has 0 radical (unpaired) electrons. The first-order chi connectivity index (χ1) is 10.8. The molecule has 1 saturated carbocycles. The number of aromatic nitrogens is 5. The zero-order chi connectivity index (χ0) is 14.9. The van der Waals surface area contributed by atoms with Crippen molar-refractivity contribution in [1.82, 2.24) is 30.1 Å². The molecule has 4 rings (SSSR count). The van der Waals surface area contributed by atoms with Gasteiger partial charge >= 0.3 is 0 Å². The van der Waals surface area contributed by atoms with Gasteiger partial charge in [-0.15, -0.1) is 5.10 Å². The summed E-state index contributed by atoms with van der Waals surface area (Å²) in [6.45, 7) is 4.31. The van der Waals surface area contributed by atoms with Crippen LogP contribution in [0.2, 0.25) is 0 Å². The fraction of sp³-hybridized carbons (Fsp3) is 0.667. The Kier molecular flexibility index (Phi) is 3.67. The Morgan fingerprint density at radius 2 is 2.18 bits per heavy atom. The highest BCUT2D eigenvalue weighted by Crippen LogP contribution is 2.28. The molecule has 7 nitrogen and oxygen atoms in total. The second-order valence-electron chi connectivity index (χ2n) is 6.39. The molecule has 0 aromatic carbocycles. The Labute approximate surface area is 129 Å². The van der Waals surface area contributed by atoms with Gasteiger partial charge in [0.15, 0.2) is 0 Å². The molecule has 1 unspecified atom stereocenters. The average Bonchev–Trinajstić information content (AvgIpc) is 3.17. The van der Waals surface area contributed by atoms with Crippen LogP contribution in [0.15, 0.2) is 12.3 Å². The molecular weight excluding hydrogens is 280 g/mol. The molecule has 1 atom stereocenters. The molecule has 1 aliphatic heterocycles. The standard InChI is InChI=1S/C15H22N6O/c1-20-13(4-5-17-20)15-14-10-22-9-12(8-21(14)19-18-15)7-16-6-11-2-3-11/h4-5,11-12,16H,2-3,6-10H2,1H3. The molecule has 1 N–H and O–H groups in total. The van der Waals surface area contributed by atoms with Crippen LogP contribution in [-0.4, -0.2) is 44.5 Å². The lowest BCUT2D eigenvalue weighted by Crippen LogP contribution is -2.29. The zero-order valence-electron chi connectivity index (χ0n) is 12.9. The van der Waals surface area contributed by atoms with Crippen LogP contribution in [0.25, 0.3) is 11.4 Å². The van der Waals surface area contributed by atoms with Crippen molar-refractivity contribution in [2.75, 3.05) is 19.7 Å². The Bertz CT molecular complexity index is 644. The van der Waals surface area contributed by atoms with E-state index in [9.17, 15) is 0 Å². The van der Waals surface area contributed by atoms with Crippen LogP contribution in [0.3, 0.4) is 0 Å². The maximum atomic E-state index is 5.87. The van der Waals surface area contributed by atoms with Gasteiger partial charge in [-0.3, -0.25) is 4.68 Å². The molecule has 0 bridgehead atoms. The quantitative estimate of drug-likeness (QED) is 0.886. The maximum Gasteiger partial charge on any atom is 0.136 e. The van der Waals surface area contributed by atoms with Crippen LogP contribution in [0.1, 0.15) is 18.5 Å². The predicted octanol–water partition coefficient (Wildman–Crippen LogP) is 0.825. The van der Waals surface area contributed by atoms with Crippen LogP contribution in [0.5, 0.6) is 0 Å². The molecule has 0 spiro atoms. The summed E-state index contributed by atoms with van der Waals surface area (Å²) >= 11 is 0. The summed E-state index contributed by atoms with van der Waals surface area (Å²) in [6.07, 6.45) is 4.55. The minimum atomic E-state index is 0.445. The van der Waals surface area contributed by atoms with E-state index in [2.05, 4.69) is 20.7 Å². The molecular formula is C15H22N6O. The Morgan fingerprint density at radius 3 is 2.95 bits per heavy atom. The lowest BCUT2D eigenvalue weighted by atomic mass is 10.1. The normalized spacial score (nSPS) is 21.6. The fourth-order valence-corrected chi connectivity index (χ4v) is 2.98. The third kappa shape index (κ3) is 2.78. The third-order valence-corrected chi connectivity index (χ3v) is 4.49. The van der Waals surface area contributed by atoms with Crippen molar-refractivity contribution in [2.24, 2.45) is 18.9 Å². The number of nitrogens with zero attached hydrogens (tertiary/aromatic N) is 5. The molecule has 22 heavy (non-hydrogen) atoms. The van der Waals surface area contributed by atoms with Crippen LogP contribution in [-0.2, 0) is 24.9 Å². The Morgan fingerprint density at radius 1 is 1.32 bits per heavy atom. The molecule has 118 valence electrons. The smallest absolute Gasteiger partial charge is 0.136 e. The molecule has 1 aliphatic carbocycles. The van der Waals surface area contributed by atoms with Crippen molar-refractivity contribution < 1.29 is 4.74 Å². The van der Waals surface area contributed by atoms with E-state index in [0.29, 0.717) is 12.5 Å². The first-order valence-corrected chi connectivity index (χ1v) is 8.00. The Balaban J connectivity index is 1.47. The van der Waals surface area contributed by atoms with Crippen molar-refractivity contribution in [1.29, 1.82) is 0 Å². The van der Waals surface area contributed by atoms with E-state index in [0.717, 1.165) is 49.2 Å². The van der Waals surface area contributed by atoms with Gasteiger partial charge in [0.2, 0.25) is 0 Å². The summed E-state index contributed by atoms with van der Waals surface area (Å²) in [6, 6.07) is 1.96. The van der Waals surface area contributed by atoms with Crippen molar-refractivity contribution in [3.05, 3.63) is 18.0 Å². The van der Waals surface area contributed by atoms with Gasteiger partial charge in [0, 0.05) is 32.3 Å². The zero-order valence-corrected chi connectivity index (χ0v) is 12.9. The van der Waals surface area contributed by atoms with Gasteiger partial charge in [-0.05, 0) is 31.4 Å². The molecule has 3 heterocycles. The molecule has 7 heteroatoms. The highest BCUT2D eigenvalue weighted by Gasteiger charge is 2.25. The van der Waals surface area contributed by atoms with Crippen LogP contribution >= 0.6 is 0 Å². The van der Waals surface area contributed by atoms with E-state index < -0.39 is 0 Å². The summed E-state index contributed by atoms with van der Waals surface area (Å²) in [7, 11) is 1.92. The van der Waals surface area contributed by atoms with E-state index in [1.54, 1.807) is 6.20 Å². The number of hydrogen-bond acceptors (Lipinski definition) is 5. The predicted molar refractivity (Wildman–Crippen MR) is 81.0 cm³/mol. The molecule has 1 fully saturated rings. The minimum absolute atomic E-state index is 0.445. The second kappa shape index (κ2) is 5.81.